The van der Waals surface area contributed by atoms with E-state index in [9.17, 15) is 0 Å². The van der Waals surface area contributed by atoms with Crippen LogP contribution < -0.4 is 10.9 Å². The predicted molar refractivity (Wildman–Crippen MR) is 97.3 cm³/mol. The molecule has 3 aromatic carbocycles. The molecule has 0 spiro atoms. The van der Waals surface area contributed by atoms with Crippen LogP contribution in [0.15, 0.2) is 72.8 Å². The molecule has 0 saturated carbocycles. The zero-order chi connectivity index (χ0) is 15.8. The van der Waals surface area contributed by atoms with Crippen LogP contribution in [0.3, 0.4) is 0 Å². The molecular weight excluding hydrogens is 326 g/mol. The predicted octanol–water partition coefficient (Wildman–Crippen LogP) is 4.22. The lowest BCUT2D eigenvalue weighted by Crippen LogP contribution is -2.41. The van der Waals surface area contributed by atoms with Gasteiger partial charge in [0.05, 0.1) is 6.10 Å². The average Bonchev–Trinajstić information content (AvgIpc) is 2.96. The van der Waals surface area contributed by atoms with Crippen molar-refractivity contribution in [1.29, 1.82) is 0 Å². The second-order valence-corrected chi connectivity index (χ2v) is 6.50. The molecule has 0 aromatic heterocycles. The van der Waals surface area contributed by atoms with Crippen molar-refractivity contribution in [2.75, 3.05) is 0 Å². The highest BCUT2D eigenvalue weighted by atomic mass is 35.5. The van der Waals surface area contributed by atoms with Crippen LogP contribution in [0.4, 0.5) is 0 Å². The van der Waals surface area contributed by atoms with Crippen molar-refractivity contribution in [2.45, 2.75) is 6.10 Å². The van der Waals surface area contributed by atoms with Gasteiger partial charge in [0.2, 0.25) is 0 Å². The van der Waals surface area contributed by atoms with Crippen molar-refractivity contribution in [3.05, 3.63) is 94.0 Å². The summed E-state index contributed by atoms with van der Waals surface area (Å²) in [5.74, 6) is 0. The Balaban J connectivity index is 1.77. The maximum atomic E-state index is 6.40. The number of rotatable bonds is 2. The van der Waals surface area contributed by atoms with E-state index in [0.717, 1.165) is 21.1 Å². The molecule has 0 amide bonds. The minimum atomic E-state index is -0.0795. The van der Waals surface area contributed by atoms with Crippen LogP contribution in [0.2, 0.25) is 10.0 Å². The molecule has 1 aliphatic heterocycles. The monoisotopic (exact) mass is 338 g/mol. The van der Waals surface area contributed by atoms with Crippen molar-refractivity contribution in [2.24, 2.45) is 0 Å². The summed E-state index contributed by atoms with van der Waals surface area (Å²) in [5.41, 5.74) is 4.63. The number of halogens is 2. The lowest BCUT2D eigenvalue weighted by atomic mass is 9.56. The number of fused-ring (bicyclic) bond motifs is 1. The molecule has 23 heavy (non-hydrogen) atoms. The normalized spacial score (nSPS) is 16.4. The maximum Gasteiger partial charge on any atom is 0.362 e. The van der Waals surface area contributed by atoms with Gasteiger partial charge in [-0.15, -0.1) is 0 Å². The first kappa shape index (κ1) is 14.8. The first-order valence-corrected chi connectivity index (χ1v) is 8.23. The largest absolute Gasteiger partial charge is 0.416 e. The SMILES string of the molecule is Clc1ccc(B2OC(c3ccc(Cl)cc3)c3ccccc32)cc1. The zero-order valence-electron chi connectivity index (χ0n) is 12.2. The average molecular weight is 339 g/mol. The molecule has 1 aliphatic rings. The van der Waals surface area contributed by atoms with Gasteiger partial charge in [-0.2, -0.15) is 0 Å². The molecule has 4 rings (SSSR count). The lowest BCUT2D eigenvalue weighted by molar-refractivity contribution is 0.273. The summed E-state index contributed by atoms with van der Waals surface area (Å²) in [6, 6.07) is 24.1. The van der Waals surface area contributed by atoms with Gasteiger partial charge >= 0.3 is 6.92 Å². The molecule has 0 radical (unpaired) electrons. The van der Waals surface area contributed by atoms with Gasteiger partial charge in [0, 0.05) is 10.0 Å². The summed E-state index contributed by atoms with van der Waals surface area (Å²) in [6.07, 6.45) is -0.0795. The number of hydrogen-bond acceptors (Lipinski definition) is 1. The molecule has 3 aromatic rings. The van der Waals surface area contributed by atoms with Gasteiger partial charge in [-0.05, 0) is 46.3 Å². The fourth-order valence-corrected chi connectivity index (χ4v) is 3.31. The summed E-state index contributed by atoms with van der Waals surface area (Å²) >= 11 is 12.0. The molecule has 1 unspecified atom stereocenters. The molecule has 1 atom stereocenters. The van der Waals surface area contributed by atoms with Gasteiger partial charge in [-0.25, -0.2) is 0 Å². The van der Waals surface area contributed by atoms with Crippen LogP contribution >= 0.6 is 23.2 Å². The molecule has 0 aliphatic carbocycles. The Morgan fingerprint density at radius 1 is 0.739 bits per heavy atom. The molecule has 0 N–H and O–H groups in total. The van der Waals surface area contributed by atoms with Crippen LogP contribution in [0.25, 0.3) is 0 Å². The second kappa shape index (κ2) is 6.05. The Labute approximate surface area is 145 Å². The third-order valence-corrected chi connectivity index (χ3v) is 4.68. The molecule has 1 nitrogen and oxygen atoms in total. The second-order valence-electron chi connectivity index (χ2n) is 5.63. The van der Waals surface area contributed by atoms with E-state index in [1.165, 1.54) is 11.0 Å². The van der Waals surface area contributed by atoms with Crippen molar-refractivity contribution in [3.8, 4) is 0 Å². The Bertz CT molecular complexity index is 760. The molecular formula is C19H13BCl2O. The van der Waals surface area contributed by atoms with Crippen LogP contribution in [-0.4, -0.2) is 6.92 Å². The topological polar surface area (TPSA) is 9.23 Å². The van der Waals surface area contributed by atoms with E-state index >= 15 is 0 Å². The van der Waals surface area contributed by atoms with E-state index in [1.54, 1.807) is 0 Å². The van der Waals surface area contributed by atoms with E-state index in [4.69, 9.17) is 27.9 Å². The van der Waals surface area contributed by atoms with E-state index in [-0.39, 0.29) is 13.0 Å². The Kier molecular flexibility index (Phi) is 3.90. The molecule has 0 fully saturated rings. The van der Waals surface area contributed by atoms with Gasteiger partial charge in [0.25, 0.3) is 0 Å². The highest BCUT2D eigenvalue weighted by Gasteiger charge is 2.36. The van der Waals surface area contributed by atoms with E-state index < -0.39 is 0 Å². The first-order chi connectivity index (χ1) is 11.2. The minimum Gasteiger partial charge on any atom is -0.416 e. The fourth-order valence-electron chi connectivity index (χ4n) is 3.06. The Hall–Kier alpha value is -1.74. The van der Waals surface area contributed by atoms with Crippen molar-refractivity contribution in [1.82, 2.24) is 0 Å². The lowest BCUT2D eigenvalue weighted by Gasteiger charge is -2.14. The summed E-state index contributed by atoms with van der Waals surface area (Å²) in [6.45, 7) is -0.0795. The highest BCUT2D eigenvalue weighted by molar-refractivity contribution is 6.81. The smallest absolute Gasteiger partial charge is 0.362 e. The quantitative estimate of drug-likeness (QED) is 0.636. The van der Waals surface area contributed by atoms with Crippen LogP contribution in [0, 0.1) is 0 Å². The van der Waals surface area contributed by atoms with Gasteiger partial charge in [0.15, 0.2) is 0 Å². The minimum absolute atomic E-state index is 0.0795. The highest BCUT2D eigenvalue weighted by Crippen LogP contribution is 2.31. The van der Waals surface area contributed by atoms with Crippen LogP contribution in [0.1, 0.15) is 17.2 Å². The maximum absolute atomic E-state index is 6.40. The molecule has 0 saturated heterocycles. The number of benzene rings is 3. The third kappa shape index (κ3) is 2.79. The molecule has 1 heterocycles. The van der Waals surface area contributed by atoms with Gasteiger partial charge < -0.3 is 4.65 Å². The Morgan fingerprint density at radius 2 is 1.35 bits per heavy atom. The number of hydrogen-bond donors (Lipinski definition) is 0. The van der Waals surface area contributed by atoms with Gasteiger partial charge in [-0.1, -0.05) is 71.7 Å². The zero-order valence-corrected chi connectivity index (χ0v) is 13.8. The first-order valence-electron chi connectivity index (χ1n) is 7.47. The standard InChI is InChI=1S/C19H13BCl2O/c21-15-9-5-13(6-10-15)19-17-3-1-2-4-18(17)20(23-19)14-7-11-16(22)12-8-14/h1-12,19H. The van der Waals surface area contributed by atoms with Crippen molar-refractivity contribution < 1.29 is 4.65 Å². The fraction of sp³-hybridized carbons (Fsp3) is 0.0526. The van der Waals surface area contributed by atoms with E-state index in [2.05, 4.69) is 24.3 Å². The molecule has 0 bridgehead atoms. The van der Waals surface area contributed by atoms with Gasteiger partial charge in [-0.3, -0.25) is 0 Å². The van der Waals surface area contributed by atoms with Crippen LogP contribution in [-0.2, 0) is 4.65 Å². The Morgan fingerprint density at radius 3 is 2.04 bits per heavy atom. The van der Waals surface area contributed by atoms with E-state index in [1.807, 2.05) is 48.5 Å². The third-order valence-electron chi connectivity index (χ3n) is 4.18. The van der Waals surface area contributed by atoms with E-state index in [0.29, 0.717) is 0 Å². The van der Waals surface area contributed by atoms with Crippen molar-refractivity contribution >= 4 is 41.0 Å². The summed E-state index contributed by atoms with van der Waals surface area (Å²) < 4.78 is 6.40. The molecule has 112 valence electrons. The summed E-state index contributed by atoms with van der Waals surface area (Å²) in [4.78, 5) is 0. The van der Waals surface area contributed by atoms with Crippen molar-refractivity contribution in [3.63, 3.8) is 0 Å². The van der Waals surface area contributed by atoms with Gasteiger partial charge in [0.1, 0.15) is 0 Å². The van der Waals surface area contributed by atoms with Crippen LogP contribution in [0.5, 0.6) is 0 Å². The molecule has 4 heteroatoms. The summed E-state index contributed by atoms with van der Waals surface area (Å²) in [7, 11) is 0. The summed E-state index contributed by atoms with van der Waals surface area (Å²) in [5, 5.41) is 1.46.